The first-order valence-corrected chi connectivity index (χ1v) is 7.17. The van der Waals surface area contributed by atoms with Crippen molar-refractivity contribution in [3.8, 4) is 0 Å². The topological polar surface area (TPSA) is 55.1 Å². The van der Waals surface area contributed by atoms with Crippen LogP contribution in [0.15, 0.2) is 43.0 Å². The van der Waals surface area contributed by atoms with Crippen molar-refractivity contribution >= 4 is 5.91 Å². The maximum Gasteiger partial charge on any atom is 0.237 e. The molecule has 0 heterocycles. The van der Waals surface area contributed by atoms with Crippen LogP contribution >= 0.6 is 0 Å². The molecule has 0 radical (unpaired) electrons. The molecular weight excluding hydrogens is 248 g/mol. The molecule has 3 nitrogen and oxygen atoms in total. The molecule has 20 heavy (non-hydrogen) atoms. The fraction of sp³-hybridized carbons (Fsp3) is 0.471. The highest BCUT2D eigenvalue weighted by Crippen LogP contribution is 2.23. The zero-order chi connectivity index (χ0) is 15.1. The van der Waals surface area contributed by atoms with Crippen molar-refractivity contribution in [2.75, 3.05) is 0 Å². The van der Waals surface area contributed by atoms with E-state index in [1.165, 1.54) is 0 Å². The van der Waals surface area contributed by atoms with E-state index >= 15 is 0 Å². The number of amides is 1. The number of carbonyl (C=O) groups is 1. The van der Waals surface area contributed by atoms with Gasteiger partial charge >= 0.3 is 0 Å². The quantitative estimate of drug-likeness (QED) is 0.751. The summed E-state index contributed by atoms with van der Waals surface area (Å²) in [6.07, 6.45) is 1.91. The molecule has 0 aliphatic carbocycles. The zero-order valence-electron chi connectivity index (χ0n) is 12.7. The summed E-state index contributed by atoms with van der Waals surface area (Å²) in [5, 5.41) is 2.90. The van der Waals surface area contributed by atoms with Crippen LogP contribution in [0.2, 0.25) is 0 Å². The van der Waals surface area contributed by atoms with Crippen LogP contribution in [-0.4, -0.2) is 11.9 Å². The van der Waals surface area contributed by atoms with Crippen molar-refractivity contribution in [2.24, 2.45) is 23.5 Å². The van der Waals surface area contributed by atoms with Crippen LogP contribution in [0.4, 0.5) is 0 Å². The van der Waals surface area contributed by atoms with Crippen molar-refractivity contribution in [1.29, 1.82) is 0 Å². The number of rotatable bonds is 7. The van der Waals surface area contributed by atoms with Gasteiger partial charge in [0.1, 0.15) is 0 Å². The van der Waals surface area contributed by atoms with Gasteiger partial charge in [0, 0.05) is 6.54 Å². The highest BCUT2D eigenvalue weighted by Gasteiger charge is 2.27. The molecule has 1 amide bonds. The average molecular weight is 274 g/mol. The second-order valence-corrected chi connectivity index (χ2v) is 5.54. The van der Waals surface area contributed by atoms with Crippen molar-refractivity contribution in [2.45, 2.75) is 33.4 Å². The molecule has 0 saturated carbocycles. The fourth-order valence-electron chi connectivity index (χ4n) is 2.16. The van der Waals surface area contributed by atoms with E-state index < -0.39 is 6.04 Å². The third-order valence-electron chi connectivity index (χ3n) is 4.21. The molecule has 1 aromatic rings. The summed E-state index contributed by atoms with van der Waals surface area (Å²) in [7, 11) is 0. The van der Waals surface area contributed by atoms with Gasteiger partial charge in [0.25, 0.3) is 0 Å². The van der Waals surface area contributed by atoms with Crippen molar-refractivity contribution in [3.05, 3.63) is 48.6 Å². The molecule has 3 heteroatoms. The molecule has 0 fully saturated rings. The molecular formula is C17H26N2O. The Morgan fingerprint density at radius 1 is 1.25 bits per heavy atom. The number of nitrogens with one attached hydrogen (secondary N) is 1. The Morgan fingerprint density at radius 2 is 1.85 bits per heavy atom. The molecule has 1 rings (SSSR count). The van der Waals surface area contributed by atoms with Gasteiger partial charge in [-0.1, -0.05) is 57.2 Å². The first-order chi connectivity index (χ1) is 9.47. The number of hydrogen-bond acceptors (Lipinski definition) is 2. The van der Waals surface area contributed by atoms with Crippen LogP contribution in [0.5, 0.6) is 0 Å². The molecule has 4 atom stereocenters. The van der Waals surface area contributed by atoms with Crippen LogP contribution in [0, 0.1) is 17.8 Å². The minimum atomic E-state index is -0.490. The molecule has 0 bridgehead atoms. The van der Waals surface area contributed by atoms with Gasteiger partial charge in [-0.25, -0.2) is 0 Å². The van der Waals surface area contributed by atoms with Crippen LogP contribution in [0.3, 0.4) is 0 Å². The van der Waals surface area contributed by atoms with Gasteiger partial charge in [-0.2, -0.15) is 0 Å². The summed E-state index contributed by atoms with van der Waals surface area (Å²) >= 11 is 0. The van der Waals surface area contributed by atoms with Crippen molar-refractivity contribution in [3.63, 3.8) is 0 Å². The highest BCUT2D eigenvalue weighted by molar-refractivity contribution is 5.81. The standard InChI is InChI=1S/C17H26N2O/c1-5-12(2)13(3)14(4)16(18)17(20)19-11-15-9-7-6-8-10-15/h5-10,12-14,16H,1,11,18H2,2-4H3,(H,19,20)/t12?,13-,14+,16-/m0/s1. The van der Waals surface area contributed by atoms with Crippen LogP contribution in [0.1, 0.15) is 26.3 Å². The van der Waals surface area contributed by atoms with E-state index in [4.69, 9.17) is 5.73 Å². The van der Waals surface area contributed by atoms with Gasteiger partial charge in [-0.05, 0) is 23.3 Å². The Bertz CT molecular complexity index is 430. The average Bonchev–Trinajstić information content (AvgIpc) is 2.50. The highest BCUT2D eigenvalue weighted by atomic mass is 16.2. The predicted octanol–water partition coefficient (Wildman–Crippen LogP) is 2.72. The Hall–Kier alpha value is -1.61. The molecule has 110 valence electrons. The van der Waals surface area contributed by atoms with E-state index in [1.807, 2.05) is 43.3 Å². The molecule has 0 aromatic heterocycles. The van der Waals surface area contributed by atoms with Crippen molar-refractivity contribution < 1.29 is 4.79 Å². The number of allylic oxidation sites excluding steroid dienone is 1. The molecule has 0 aliphatic heterocycles. The first kappa shape index (κ1) is 16.4. The van der Waals surface area contributed by atoms with Crippen molar-refractivity contribution in [1.82, 2.24) is 5.32 Å². The summed E-state index contributed by atoms with van der Waals surface area (Å²) in [4.78, 5) is 12.1. The molecule has 3 N–H and O–H groups in total. The van der Waals surface area contributed by atoms with Gasteiger partial charge in [0.15, 0.2) is 0 Å². The largest absolute Gasteiger partial charge is 0.351 e. The van der Waals surface area contributed by atoms with E-state index in [-0.39, 0.29) is 11.8 Å². The van der Waals surface area contributed by atoms with E-state index in [0.29, 0.717) is 18.4 Å². The third kappa shape index (κ3) is 4.49. The second kappa shape index (κ2) is 7.85. The number of nitrogens with two attached hydrogens (primary N) is 1. The molecule has 1 unspecified atom stereocenters. The van der Waals surface area contributed by atoms with Crippen LogP contribution in [-0.2, 0) is 11.3 Å². The lowest BCUT2D eigenvalue weighted by molar-refractivity contribution is -0.124. The van der Waals surface area contributed by atoms with Gasteiger partial charge in [-0.15, -0.1) is 6.58 Å². The third-order valence-corrected chi connectivity index (χ3v) is 4.21. The van der Waals surface area contributed by atoms with Gasteiger partial charge in [-0.3, -0.25) is 4.79 Å². The smallest absolute Gasteiger partial charge is 0.237 e. The predicted molar refractivity (Wildman–Crippen MR) is 84.0 cm³/mol. The Kier molecular flexibility index (Phi) is 6.46. The lowest BCUT2D eigenvalue weighted by Gasteiger charge is -2.28. The first-order valence-electron chi connectivity index (χ1n) is 7.17. The van der Waals surface area contributed by atoms with E-state index in [9.17, 15) is 4.79 Å². The lowest BCUT2D eigenvalue weighted by atomic mass is 9.81. The summed E-state index contributed by atoms with van der Waals surface area (Å²) in [6.45, 7) is 10.6. The molecule has 0 spiro atoms. The summed E-state index contributed by atoms with van der Waals surface area (Å²) in [5.74, 6) is 0.686. The van der Waals surface area contributed by atoms with Gasteiger partial charge in [0.2, 0.25) is 5.91 Å². The van der Waals surface area contributed by atoms with E-state index in [1.54, 1.807) is 0 Å². The summed E-state index contributed by atoms with van der Waals surface area (Å²) in [5.41, 5.74) is 7.15. The van der Waals surface area contributed by atoms with E-state index in [2.05, 4.69) is 25.7 Å². The van der Waals surface area contributed by atoms with Gasteiger partial charge < -0.3 is 11.1 Å². The van der Waals surface area contributed by atoms with Crippen LogP contribution < -0.4 is 11.1 Å². The monoisotopic (exact) mass is 274 g/mol. The van der Waals surface area contributed by atoms with E-state index in [0.717, 1.165) is 5.56 Å². The summed E-state index contributed by atoms with van der Waals surface area (Å²) in [6, 6.07) is 9.35. The maximum atomic E-state index is 12.1. The Labute approximate surface area is 122 Å². The zero-order valence-corrected chi connectivity index (χ0v) is 12.7. The Balaban J connectivity index is 2.52. The minimum Gasteiger partial charge on any atom is -0.351 e. The maximum absolute atomic E-state index is 12.1. The minimum absolute atomic E-state index is 0.0931. The molecule has 0 saturated heterocycles. The Morgan fingerprint density at radius 3 is 2.40 bits per heavy atom. The molecule has 1 aromatic carbocycles. The second-order valence-electron chi connectivity index (χ2n) is 5.54. The number of benzene rings is 1. The molecule has 0 aliphatic rings. The van der Waals surface area contributed by atoms with Crippen LogP contribution in [0.25, 0.3) is 0 Å². The number of carbonyl (C=O) groups excluding carboxylic acids is 1. The number of hydrogen-bond donors (Lipinski definition) is 2. The van der Waals surface area contributed by atoms with Gasteiger partial charge in [0.05, 0.1) is 6.04 Å². The summed E-state index contributed by atoms with van der Waals surface area (Å²) < 4.78 is 0. The normalized spacial score (nSPS) is 16.8. The SMILES string of the molecule is C=CC(C)[C@H](C)[C@@H](C)[C@H](N)C(=O)NCc1ccccc1. The lowest BCUT2D eigenvalue weighted by Crippen LogP contribution is -2.46. The fourth-order valence-corrected chi connectivity index (χ4v) is 2.16.